The maximum absolute atomic E-state index is 8.94. The van der Waals surface area contributed by atoms with Gasteiger partial charge < -0.3 is 12.4 Å². The van der Waals surface area contributed by atoms with Crippen LogP contribution in [0.4, 0.5) is 5.69 Å². The van der Waals surface area contributed by atoms with E-state index in [2.05, 4.69) is 52.6 Å². The van der Waals surface area contributed by atoms with Gasteiger partial charge in [0, 0.05) is 12.1 Å². The van der Waals surface area contributed by atoms with E-state index in [1.807, 2.05) is 12.1 Å². The fraction of sp³-hybridized carbons (Fsp3) is 0.571. The van der Waals surface area contributed by atoms with E-state index < -0.39 is 0 Å². The first-order valence-electron chi connectivity index (χ1n) is 5.66. The van der Waals surface area contributed by atoms with Gasteiger partial charge in [-0.1, -0.05) is 47.6 Å². The van der Waals surface area contributed by atoms with Gasteiger partial charge in [0.1, 0.15) is 0 Å². The minimum atomic E-state index is 0. The smallest absolute Gasteiger partial charge is 0.385 e. The number of nitrogens with zero attached hydrogens (tertiary/aromatic N) is 2. The largest absolute Gasteiger partial charge is 1.00 e. The van der Waals surface area contributed by atoms with Crippen molar-refractivity contribution in [3.8, 4) is 0 Å². The lowest BCUT2D eigenvalue weighted by atomic mass is 9.80. The highest BCUT2D eigenvalue weighted by molar-refractivity contribution is 5.52. The Labute approximate surface area is 110 Å². The standard InChI is InChI=1S/C14H21N2.ClH/c1-13(2,3)10-7-11(14(4,5)6)9-12(8-10)16-15;/h7-9H,1-6H3;1H/q+1;/p-1. The lowest BCUT2D eigenvalue weighted by Crippen LogP contribution is -3.00. The Hall–Kier alpha value is -1.07. The maximum atomic E-state index is 8.94. The summed E-state index contributed by atoms with van der Waals surface area (Å²) in [6.07, 6.45) is 0. The summed E-state index contributed by atoms with van der Waals surface area (Å²) in [7, 11) is 0. The summed E-state index contributed by atoms with van der Waals surface area (Å²) in [6.45, 7) is 13.0. The molecule has 0 fully saturated rings. The minimum Gasteiger partial charge on any atom is -1.00 e. The van der Waals surface area contributed by atoms with Crippen LogP contribution in [0.15, 0.2) is 18.2 Å². The molecule has 17 heavy (non-hydrogen) atoms. The summed E-state index contributed by atoms with van der Waals surface area (Å²) >= 11 is 0. The van der Waals surface area contributed by atoms with E-state index in [0.717, 1.165) is 0 Å². The van der Waals surface area contributed by atoms with Crippen LogP contribution in [0, 0.1) is 5.39 Å². The van der Waals surface area contributed by atoms with Crippen LogP contribution in [0.5, 0.6) is 0 Å². The number of halogens is 1. The van der Waals surface area contributed by atoms with Crippen molar-refractivity contribution in [2.75, 3.05) is 0 Å². The van der Waals surface area contributed by atoms with Crippen molar-refractivity contribution in [2.24, 2.45) is 0 Å². The molecular formula is C14H21ClN2. The second-order valence-corrected chi connectivity index (χ2v) is 6.37. The van der Waals surface area contributed by atoms with Gasteiger partial charge in [0.25, 0.3) is 0 Å². The Bertz CT molecular complexity index is 399. The van der Waals surface area contributed by atoms with Gasteiger partial charge in [0.15, 0.2) is 4.98 Å². The molecule has 0 spiro atoms. The van der Waals surface area contributed by atoms with Gasteiger partial charge in [0.2, 0.25) is 5.39 Å². The van der Waals surface area contributed by atoms with Crippen molar-refractivity contribution >= 4 is 5.69 Å². The quantitative estimate of drug-likeness (QED) is 0.647. The lowest BCUT2D eigenvalue weighted by Gasteiger charge is -2.23. The van der Waals surface area contributed by atoms with Crippen molar-refractivity contribution in [1.82, 2.24) is 0 Å². The number of hydrogen-bond donors (Lipinski definition) is 0. The third-order valence-corrected chi connectivity index (χ3v) is 2.77. The van der Waals surface area contributed by atoms with Crippen molar-refractivity contribution < 1.29 is 12.4 Å². The van der Waals surface area contributed by atoms with Crippen molar-refractivity contribution in [2.45, 2.75) is 52.4 Å². The molecule has 0 unspecified atom stereocenters. The molecule has 0 atom stereocenters. The summed E-state index contributed by atoms with van der Waals surface area (Å²) in [6, 6.07) is 6.08. The molecular weight excluding hydrogens is 232 g/mol. The van der Waals surface area contributed by atoms with E-state index in [9.17, 15) is 0 Å². The Balaban J connectivity index is 0.00000256. The zero-order valence-electron chi connectivity index (χ0n) is 11.5. The van der Waals surface area contributed by atoms with Gasteiger partial charge in [-0.15, -0.1) is 0 Å². The molecule has 94 valence electrons. The van der Waals surface area contributed by atoms with Crippen LogP contribution < -0.4 is 12.4 Å². The van der Waals surface area contributed by atoms with Crippen LogP contribution in [0.2, 0.25) is 0 Å². The van der Waals surface area contributed by atoms with Crippen LogP contribution in [0.25, 0.3) is 4.98 Å². The molecule has 0 bridgehead atoms. The molecule has 2 nitrogen and oxygen atoms in total. The average Bonchev–Trinajstić information content (AvgIpc) is 2.14. The third-order valence-electron chi connectivity index (χ3n) is 2.77. The molecule has 0 N–H and O–H groups in total. The van der Waals surface area contributed by atoms with Crippen LogP contribution in [0.1, 0.15) is 52.7 Å². The molecule has 0 heterocycles. The number of hydrogen-bond acceptors (Lipinski definition) is 1. The molecule has 0 saturated carbocycles. The van der Waals surface area contributed by atoms with Crippen molar-refractivity contribution in [3.63, 3.8) is 0 Å². The number of benzene rings is 1. The SMILES string of the molecule is CC(C)(C)c1cc([N+]#N)cc(C(C)(C)C)c1.[Cl-]. The lowest BCUT2D eigenvalue weighted by molar-refractivity contribution is -0.00000450. The summed E-state index contributed by atoms with van der Waals surface area (Å²) in [5, 5.41) is 8.94. The molecule has 0 radical (unpaired) electrons. The monoisotopic (exact) mass is 252 g/mol. The Morgan fingerprint density at radius 3 is 1.41 bits per heavy atom. The molecule has 0 aliphatic heterocycles. The molecule has 3 heteroatoms. The van der Waals surface area contributed by atoms with Crippen LogP contribution in [0.3, 0.4) is 0 Å². The van der Waals surface area contributed by atoms with Crippen molar-refractivity contribution in [3.05, 3.63) is 34.3 Å². The summed E-state index contributed by atoms with van der Waals surface area (Å²) in [5.74, 6) is 0. The van der Waals surface area contributed by atoms with Gasteiger partial charge in [0.05, 0.1) is 0 Å². The maximum Gasteiger partial charge on any atom is 0.385 e. The first-order valence-corrected chi connectivity index (χ1v) is 5.66. The van der Waals surface area contributed by atoms with E-state index in [1.54, 1.807) is 0 Å². The number of diazo groups is 1. The van der Waals surface area contributed by atoms with E-state index in [1.165, 1.54) is 11.1 Å². The molecule has 1 rings (SSSR count). The third kappa shape index (κ3) is 4.02. The van der Waals surface area contributed by atoms with Gasteiger partial charge in [-0.05, 0) is 22.0 Å². The van der Waals surface area contributed by atoms with Gasteiger partial charge in [-0.3, -0.25) is 0 Å². The molecule has 0 amide bonds. The second-order valence-electron chi connectivity index (χ2n) is 6.37. The van der Waals surface area contributed by atoms with Crippen LogP contribution >= 0.6 is 0 Å². The molecule has 0 saturated heterocycles. The fourth-order valence-electron chi connectivity index (χ4n) is 1.53. The normalized spacial score (nSPS) is 11.6. The average molecular weight is 253 g/mol. The minimum absolute atomic E-state index is 0. The molecule has 1 aromatic carbocycles. The Morgan fingerprint density at radius 1 is 0.824 bits per heavy atom. The van der Waals surface area contributed by atoms with Crippen molar-refractivity contribution in [1.29, 1.82) is 5.39 Å². The zero-order chi connectivity index (χ0) is 12.6. The van der Waals surface area contributed by atoms with E-state index >= 15 is 0 Å². The van der Waals surface area contributed by atoms with E-state index in [-0.39, 0.29) is 23.2 Å². The van der Waals surface area contributed by atoms with Gasteiger partial charge >= 0.3 is 5.69 Å². The first-order chi connectivity index (χ1) is 7.14. The fourth-order valence-corrected chi connectivity index (χ4v) is 1.53. The van der Waals surface area contributed by atoms with Gasteiger partial charge in [-0.2, -0.15) is 0 Å². The molecule has 0 aliphatic rings. The molecule has 1 aromatic rings. The van der Waals surface area contributed by atoms with E-state index in [4.69, 9.17) is 5.39 Å². The summed E-state index contributed by atoms with van der Waals surface area (Å²) < 4.78 is 0. The predicted octanol–water partition coefficient (Wildman–Crippen LogP) is 1.77. The molecule has 0 aromatic heterocycles. The Kier molecular flexibility index (Phi) is 4.74. The zero-order valence-corrected chi connectivity index (χ0v) is 12.3. The topological polar surface area (TPSA) is 28.1 Å². The van der Waals surface area contributed by atoms with Gasteiger partial charge in [-0.25, -0.2) is 0 Å². The summed E-state index contributed by atoms with van der Waals surface area (Å²) in [5.41, 5.74) is 3.18. The molecule has 0 aliphatic carbocycles. The van der Waals surface area contributed by atoms with Crippen LogP contribution in [-0.4, -0.2) is 0 Å². The number of rotatable bonds is 0. The predicted molar refractivity (Wildman–Crippen MR) is 68.6 cm³/mol. The highest BCUT2D eigenvalue weighted by Crippen LogP contribution is 2.32. The van der Waals surface area contributed by atoms with Crippen LogP contribution in [-0.2, 0) is 10.8 Å². The highest BCUT2D eigenvalue weighted by atomic mass is 35.5. The van der Waals surface area contributed by atoms with E-state index in [0.29, 0.717) is 5.69 Å². The highest BCUT2D eigenvalue weighted by Gasteiger charge is 2.23. The second kappa shape index (κ2) is 5.06. The summed E-state index contributed by atoms with van der Waals surface area (Å²) in [4.78, 5) is 3.32. The first kappa shape index (κ1) is 15.9. The Morgan fingerprint density at radius 2 is 1.18 bits per heavy atom.